The third-order valence-corrected chi connectivity index (χ3v) is 5.55. The molecule has 0 amide bonds. The molecule has 0 spiro atoms. The van der Waals surface area contributed by atoms with Gasteiger partial charge in [0.15, 0.2) is 5.78 Å². The van der Waals surface area contributed by atoms with Crippen LogP contribution in [0.3, 0.4) is 0 Å². The first-order chi connectivity index (χ1) is 15.5. The molecule has 6 nitrogen and oxygen atoms in total. The summed E-state index contributed by atoms with van der Waals surface area (Å²) in [5.41, 5.74) is 11.8. The van der Waals surface area contributed by atoms with E-state index in [4.69, 9.17) is 19.9 Å². The van der Waals surface area contributed by atoms with Crippen molar-refractivity contribution >= 4 is 5.78 Å². The maximum Gasteiger partial charge on any atom is 0.170 e. The normalized spacial score (nSPS) is 13.9. The molecule has 32 heavy (non-hydrogen) atoms. The number of ether oxygens (including phenoxy) is 3. The average molecular weight is 433 g/mol. The number of ketones is 1. The smallest absolute Gasteiger partial charge is 0.170 e. The molecule has 0 aliphatic carbocycles. The SMILES string of the molecule is Cc1cc([C@@H](Oc2ccc3c(c2C)OCCC3=O)c2ccc(COCN)cc2)cc(C)n1. The number of hydrogen-bond acceptors (Lipinski definition) is 6. The fourth-order valence-electron chi connectivity index (χ4n) is 4.03. The molecule has 4 rings (SSSR count). The molecule has 6 heteroatoms. The van der Waals surface area contributed by atoms with E-state index in [0.29, 0.717) is 36.7 Å². The van der Waals surface area contributed by atoms with E-state index in [-0.39, 0.29) is 18.6 Å². The van der Waals surface area contributed by atoms with Crippen molar-refractivity contribution in [2.24, 2.45) is 5.73 Å². The molecule has 1 aromatic heterocycles. The van der Waals surface area contributed by atoms with Crippen LogP contribution < -0.4 is 15.2 Å². The lowest BCUT2D eigenvalue weighted by Crippen LogP contribution is -2.17. The molecule has 0 bridgehead atoms. The third-order valence-electron chi connectivity index (χ3n) is 5.55. The maximum absolute atomic E-state index is 12.3. The second kappa shape index (κ2) is 9.51. The molecule has 166 valence electrons. The van der Waals surface area contributed by atoms with E-state index in [1.54, 1.807) is 6.07 Å². The first kappa shape index (κ1) is 22.0. The molecular weight excluding hydrogens is 404 g/mol. The van der Waals surface area contributed by atoms with Crippen molar-refractivity contribution in [1.29, 1.82) is 0 Å². The van der Waals surface area contributed by atoms with Crippen molar-refractivity contribution in [1.82, 2.24) is 4.98 Å². The van der Waals surface area contributed by atoms with Crippen LogP contribution >= 0.6 is 0 Å². The Morgan fingerprint density at radius 2 is 1.75 bits per heavy atom. The highest BCUT2D eigenvalue weighted by Gasteiger charge is 2.24. The number of fused-ring (bicyclic) bond motifs is 1. The Balaban J connectivity index is 1.72. The molecule has 2 heterocycles. The van der Waals surface area contributed by atoms with E-state index in [1.165, 1.54) is 0 Å². The quantitative estimate of drug-likeness (QED) is 0.551. The van der Waals surface area contributed by atoms with Crippen molar-refractivity contribution in [3.8, 4) is 11.5 Å². The van der Waals surface area contributed by atoms with Gasteiger partial charge in [-0.2, -0.15) is 0 Å². The molecule has 2 N–H and O–H groups in total. The van der Waals surface area contributed by atoms with Crippen LogP contribution in [-0.4, -0.2) is 24.1 Å². The Labute approximate surface area is 188 Å². The standard InChI is InChI=1S/C26H28N2O4/c1-16-12-21(13-17(2)28-16)26(20-6-4-19(5-7-20)14-30-15-27)32-24-9-8-22-23(29)10-11-31-25(22)18(24)3/h4-9,12-13,26H,10-11,14-15,27H2,1-3H3/t26-/m0/s1. The van der Waals surface area contributed by atoms with Crippen molar-refractivity contribution in [3.05, 3.63) is 87.7 Å². The zero-order chi connectivity index (χ0) is 22.7. The van der Waals surface area contributed by atoms with Gasteiger partial charge in [0, 0.05) is 28.9 Å². The van der Waals surface area contributed by atoms with E-state index in [0.717, 1.165) is 33.6 Å². The summed E-state index contributed by atoms with van der Waals surface area (Å²) in [7, 11) is 0. The number of carbonyl (C=O) groups is 1. The number of Topliss-reactive ketones (excluding diaryl/α,β-unsaturated/α-hetero) is 1. The van der Waals surface area contributed by atoms with Gasteiger partial charge in [-0.1, -0.05) is 24.3 Å². The Bertz CT molecular complexity index is 1110. The Morgan fingerprint density at radius 3 is 2.44 bits per heavy atom. The van der Waals surface area contributed by atoms with Gasteiger partial charge in [-0.15, -0.1) is 0 Å². The van der Waals surface area contributed by atoms with Crippen molar-refractivity contribution in [2.75, 3.05) is 13.3 Å². The average Bonchev–Trinajstić information content (AvgIpc) is 2.77. The Kier molecular flexibility index (Phi) is 6.53. The summed E-state index contributed by atoms with van der Waals surface area (Å²) in [6.45, 7) is 6.93. The van der Waals surface area contributed by atoms with E-state index in [1.807, 2.05) is 63.2 Å². The molecule has 2 aromatic carbocycles. The number of carbonyl (C=O) groups excluding carboxylic acids is 1. The van der Waals surface area contributed by atoms with Crippen molar-refractivity contribution in [3.63, 3.8) is 0 Å². The second-order valence-electron chi connectivity index (χ2n) is 8.02. The molecule has 0 fully saturated rings. The molecule has 0 saturated carbocycles. The van der Waals surface area contributed by atoms with Gasteiger partial charge in [-0.25, -0.2) is 0 Å². The van der Waals surface area contributed by atoms with Crippen LogP contribution in [-0.2, 0) is 11.3 Å². The lowest BCUT2D eigenvalue weighted by molar-refractivity contribution is 0.0932. The monoisotopic (exact) mass is 432 g/mol. The Morgan fingerprint density at radius 1 is 1.03 bits per heavy atom. The lowest BCUT2D eigenvalue weighted by Gasteiger charge is -2.25. The van der Waals surface area contributed by atoms with Crippen LogP contribution in [0.1, 0.15) is 56.5 Å². The largest absolute Gasteiger partial charge is 0.492 e. The first-order valence-corrected chi connectivity index (χ1v) is 10.7. The predicted molar refractivity (Wildman–Crippen MR) is 122 cm³/mol. The van der Waals surface area contributed by atoms with E-state index in [2.05, 4.69) is 4.98 Å². The summed E-state index contributed by atoms with van der Waals surface area (Å²) >= 11 is 0. The van der Waals surface area contributed by atoms with Gasteiger partial charge in [-0.05, 0) is 56.2 Å². The molecule has 1 aliphatic heterocycles. The zero-order valence-electron chi connectivity index (χ0n) is 18.7. The number of aryl methyl sites for hydroxylation is 2. The summed E-state index contributed by atoms with van der Waals surface area (Å²) in [5.74, 6) is 1.41. The third kappa shape index (κ3) is 4.66. The summed E-state index contributed by atoms with van der Waals surface area (Å²) in [6.07, 6.45) is 0.0568. The second-order valence-corrected chi connectivity index (χ2v) is 8.02. The first-order valence-electron chi connectivity index (χ1n) is 10.7. The van der Waals surface area contributed by atoms with Gasteiger partial charge in [0.25, 0.3) is 0 Å². The van der Waals surface area contributed by atoms with Crippen LogP contribution in [0, 0.1) is 20.8 Å². The fourth-order valence-corrected chi connectivity index (χ4v) is 4.03. The van der Waals surface area contributed by atoms with Crippen molar-refractivity contribution < 1.29 is 19.0 Å². The number of pyridine rings is 1. The number of benzene rings is 2. The molecule has 0 unspecified atom stereocenters. The molecule has 3 aromatic rings. The number of nitrogens with zero attached hydrogens (tertiary/aromatic N) is 1. The number of nitrogens with two attached hydrogens (primary N) is 1. The lowest BCUT2D eigenvalue weighted by atomic mass is 9.98. The van der Waals surface area contributed by atoms with Gasteiger partial charge in [0.1, 0.15) is 17.6 Å². The van der Waals surface area contributed by atoms with E-state index < -0.39 is 0 Å². The summed E-state index contributed by atoms with van der Waals surface area (Å²) in [6, 6.07) is 15.9. The van der Waals surface area contributed by atoms with E-state index >= 15 is 0 Å². The highest BCUT2D eigenvalue weighted by atomic mass is 16.5. The minimum Gasteiger partial charge on any atom is -0.492 e. The number of hydrogen-bond donors (Lipinski definition) is 1. The van der Waals surface area contributed by atoms with Gasteiger partial charge in [-0.3, -0.25) is 9.78 Å². The topological polar surface area (TPSA) is 83.7 Å². The summed E-state index contributed by atoms with van der Waals surface area (Å²) < 4.78 is 17.7. The highest BCUT2D eigenvalue weighted by molar-refractivity contribution is 6.00. The molecular formula is C26H28N2O4. The van der Waals surface area contributed by atoms with Gasteiger partial charge in [0.05, 0.1) is 25.5 Å². The van der Waals surface area contributed by atoms with Crippen LogP contribution in [0.15, 0.2) is 48.5 Å². The Hall–Kier alpha value is -3.22. The summed E-state index contributed by atoms with van der Waals surface area (Å²) in [5, 5.41) is 0. The molecule has 1 aliphatic rings. The minimum absolute atomic E-state index is 0.105. The highest BCUT2D eigenvalue weighted by Crippen LogP contribution is 2.38. The predicted octanol–water partition coefficient (Wildman–Crippen LogP) is 4.57. The van der Waals surface area contributed by atoms with Gasteiger partial charge in [0.2, 0.25) is 0 Å². The van der Waals surface area contributed by atoms with Crippen LogP contribution in [0.4, 0.5) is 0 Å². The molecule has 0 saturated heterocycles. The van der Waals surface area contributed by atoms with Gasteiger partial charge < -0.3 is 19.9 Å². The fraction of sp³-hybridized carbons (Fsp3) is 0.308. The minimum atomic E-state index is -0.351. The van der Waals surface area contributed by atoms with Gasteiger partial charge >= 0.3 is 0 Å². The maximum atomic E-state index is 12.3. The molecule has 1 atom stereocenters. The number of aromatic nitrogens is 1. The molecule has 0 radical (unpaired) electrons. The zero-order valence-corrected chi connectivity index (χ0v) is 18.7. The van der Waals surface area contributed by atoms with E-state index in [9.17, 15) is 4.79 Å². The number of rotatable bonds is 7. The van der Waals surface area contributed by atoms with Crippen LogP contribution in [0.25, 0.3) is 0 Å². The summed E-state index contributed by atoms with van der Waals surface area (Å²) in [4.78, 5) is 16.8. The van der Waals surface area contributed by atoms with Crippen LogP contribution in [0.5, 0.6) is 11.5 Å². The van der Waals surface area contributed by atoms with Crippen LogP contribution in [0.2, 0.25) is 0 Å². The van der Waals surface area contributed by atoms with Crippen molar-refractivity contribution in [2.45, 2.75) is 39.9 Å².